The van der Waals surface area contributed by atoms with Gasteiger partial charge in [0.1, 0.15) is 4.90 Å². The zero-order valence-electron chi connectivity index (χ0n) is 14.8. The van der Waals surface area contributed by atoms with Gasteiger partial charge in [0.25, 0.3) is 5.56 Å². The van der Waals surface area contributed by atoms with Gasteiger partial charge in [0.15, 0.2) is 0 Å². The summed E-state index contributed by atoms with van der Waals surface area (Å²) in [5.74, 6) is 0.767. The Hall–Kier alpha value is -2.00. The summed E-state index contributed by atoms with van der Waals surface area (Å²) in [6, 6.07) is 3.43. The van der Waals surface area contributed by atoms with E-state index < -0.39 is 10.0 Å². The third kappa shape index (κ3) is 3.45. The van der Waals surface area contributed by atoms with E-state index in [1.54, 1.807) is 17.8 Å². The Morgan fingerprint density at radius 2 is 1.88 bits per heavy atom. The molecule has 3 heterocycles. The van der Waals surface area contributed by atoms with E-state index in [2.05, 4.69) is 10.2 Å². The number of aromatic nitrogens is 4. The maximum atomic E-state index is 12.7. The van der Waals surface area contributed by atoms with E-state index in [-0.39, 0.29) is 16.4 Å². The normalized spacial score (nSPS) is 19.7. The van der Waals surface area contributed by atoms with Crippen LogP contribution >= 0.6 is 0 Å². The van der Waals surface area contributed by atoms with Gasteiger partial charge in [-0.15, -0.1) is 0 Å². The monoisotopic (exact) mass is 377 g/mol. The zero-order chi connectivity index (χ0) is 18.3. The Morgan fingerprint density at radius 1 is 1.15 bits per heavy atom. The first-order valence-electron chi connectivity index (χ1n) is 9.00. The van der Waals surface area contributed by atoms with Crippen LogP contribution in [0.2, 0.25) is 0 Å². The Bertz CT molecular complexity index is 953. The number of piperidine rings is 1. The molecule has 0 radical (unpaired) electrons. The Morgan fingerprint density at radius 3 is 2.50 bits per heavy atom. The van der Waals surface area contributed by atoms with Crippen LogP contribution in [-0.2, 0) is 23.6 Å². The summed E-state index contributed by atoms with van der Waals surface area (Å²) in [6.45, 7) is 1.47. The first-order valence-corrected chi connectivity index (χ1v) is 10.4. The minimum atomic E-state index is -3.49. The van der Waals surface area contributed by atoms with Crippen molar-refractivity contribution in [2.75, 3.05) is 13.1 Å². The van der Waals surface area contributed by atoms with Crippen LogP contribution in [0.5, 0.6) is 0 Å². The van der Waals surface area contributed by atoms with Crippen LogP contribution in [0.1, 0.15) is 37.3 Å². The summed E-state index contributed by atoms with van der Waals surface area (Å²) >= 11 is 0. The third-order valence-electron chi connectivity index (χ3n) is 5.21. The van der Waals surface area contributed by atoms with Gasteiger partial charge in [-0.1, -0.05) is 0 Å². The highest BCUT2D eigenvalue weighted by Gasteiger charge is 2.31. The van der Waals surface area contributed by atoms with E-state index >= 15 is 0 Å². The van der Waals surface area contributed by atoms with Crippen LogP contribution in [0.15, 0.2) is 34.2 Å². The highest BCUT2D eigenvalue weighted by Crippen LogP contribution is 2.38. The molecule has 1 saturated carbocycles. The molecule has 0 unspecified atom stereocenters. The molecule has 0 N–H and O–H groups in total. The Balaban J connectivity index is 1.41. The van der Waals surface area contributed by atoms with Crippen molar-refractivity contribution in [1.29, 1.82) is 0 Å². The molecule has 2 aromatic heterocycles. The molecule has 1 aliphatic carbocycles. The first-order chi connectivity index (χ1) is 12.4. The molecule has 2 fully saturated rings. The zero-order valence-corrected chi connectivity index (χ0v) is 15.6. The molecule has 140 valence electrons. The van der Waals surface area contributed by atoms with Crippen molar-refractivity contribution in [3.8, 4) is 0 Å². The van der Waals surface area contributed by atoms with E-state index in [1.165, 1.54) is 21.4 Å². The standard InChI is InChI=1S/C17H23N5O3S/c1-20-12-15(10-18-20)26(24,25)21-8-6-13(7-9-21)11-22-17(23)5-4-16(19-22)14-2-3-14/h4-5,10,12-14H,2-3,6-9,11H2,1H3. The smallest absolute Gasteiger partial charge is 0.266 e. The van der Waals surface area contributed by atoms with E-state index in [0.717, 1.165) is 31.4 Å². The van der Waals surface area contributed by atoms with Gasteiger partial charge < -0.3 is 0 Å². The fourth-order valence-electron chi connectivity index (χ4n) is 3.45. The van der Waals surface area contributed by atoms with Crippen molar-refractivity contribution in [3.63, 3.8) is 0 Å². The van der Waals surface area contributed by atoms with Gasteiger partial charge in [0, 0.05) is 44.9 Å². The molecule has 0 spiro atoms. The lowest BCUT2D eigenvalue weighted by atomic mass is 9.98. The molecule has 1 saturated heterocycles. The molecule has 0 amide bonds. The molecule has 8 nitrogen and oxygen atoms in total. The van der Waals surface area contributed by atoms with Gasteiger partial charge in [0.2, 0.25) is 10.0 Å². The molecule has 1 aliphatic heterocycles. The predicted octanol–water partition coefficient (Wildman–Crippen LogP) is 0.955. The van der Waals surface area contributed by atoms with Crippen LogP contribution < -0.4 is 5.56 Å². The molecule has 2 aromatic rings. The average molecular weight is 377 g/mol. The van der Waals surface area contributed by atoms with Crippen LogP contribution in [-0.4, -0.2) is 45.4 Å². The second-order valence-electron chi connectivity index (χ2n) is 7.25. The number of rotatable bonds is 5. The Labute approximate surface area is 152 Å². The lowest BCUT2D eigenvalue weighted by Gasteiger charge is -2.30. The predicted molar refractivity (Wildman–Crippen MR) is 95.2 cm³/mol. The summed E-state index contributed by atoms with van der Waals surface area (Å²) in [5.41, 5.74) is 0.918. The van der Waals surface area contributed by atoms with E-state index in [0.29, 0.717) is 25.6 Å². The van der Waals surface area contributed by atoms with Crippen molar-refractivity contribution < 1.29 is 8.42 Å². The average Bonchev–Trinajstić information content (AvgIpc) is 3.38. The second-order valence-corrected chi connectivity index (χ2v) is 9.19. The number of aryl methyl sites for hydroxylation is 1. The number of sulfonamides is 1. The summed E-state index contributed by atoms with van der Waals surface area (Å²) < 4.78 is 29.9. The van der Waals surface area contributed by atoms with E-state index in [1.807, 2.05) is 6.07 Å². The van der Waals surface area contributed by atoms with Crippen molar-refractivity contribution in [2.24, 2.45) is 13.0 Å². The van der Waals surface area contributed by atoms with Crippen LogP contribution in [0.4, 0.5) is 0 Å². The molecule has 0 bridgehead atoms. The first kappa shape index (κ1) is 17.4. The van der Waals surface area contributed by atoms with Crippen LogP contribution in [0, 0.1) is 5.92 Å². The molecular formula is C17H23N5O3S. The molecule has 2 aliphatic rings. The van der Waals surface area contributed by atoms with Crippen molar-refractivity contribution >= 4 is 10.0 Å². The molecule has 26 heavy (non-hydrogen) atoms. The lowest BCUT2D eigenvalue weighted by molar-refractivity contribution is 0.244. The molecule has 0 atom stereocenters. The maximum Gasteiger partial charge on any atom is 0.266 e. The summed E-state index contributed by atoms with van der Waals surface area (Å²) in [7, 11) is -1.79. The molecule has 4 rings (SSSR count). The fourth-order valence-corrected chi connectivity index (χ4v) is 4.91. The van der Waals surface area contributed by atoms with Gasteiger partial charge in [-0.2, -0.15) is 14.5 Å². The topological polar surface area (TPSA) is 90.1 Å². The molecule has 0 aromatic carbocycles. The number of hydrogen-bond donors (Lipinski definition) is 0. The fraction of sp³-hybridized carbons (Fsp3) is 0.588. The largest absolute Gasteiger partial charge is 0.274 e. The van der Waals surface area contributed by atoms with Crippen LogP contribution in [0.25, 0.3) is 0 Å². The van der Waals surface area contributed by atoms with E-state index in [4.69, 9.17) is 0 Å². The van der Waals surface area contributed by atoms with Crippen LogP contribution in [0.3, 0.4) is 0 Å². The third-order valence-corrected chi connectivity index (χ3v) is 7.06. The number of hydrogen-bond acceptors (Lipinski definition) is 5. The van der Waals surface area contributed by atoms with Crippen molar-refractivity contribution in [1.82, 2.24) is 23.9 Å². The second kappa shape index (κ2) is 6.62. The minimum absolute atomic E-state index is 0.0835. The summed E-state index contributed by atoms with van der Waals surface area (Å²) in [4.78, 5) is 12.3. The van der Waals surface area contributed by atoms with Crippen molar-refractivity contribution in [3.05, 3.63) is 40.6 Å². The van der Waals surface area contributed by atoms with Gasteiger partial charge in [-0.3, -0.25) is 9.48 Å². The SMILES string of the molecule is Cn1cc(S(=O)(=O)N2CCC(Cn3nc(C4CC4)ccc3=O)CC2)cn1. The lowest BCUT2D eigenvalue weighted by Crippen LogP contribution is -2.40. The maximum absolute atomic E-state index is 12.7. The summed E-state index contributed by atoms with van der Waals surface area (Å²) in [6.07, 6.45) is 6.65. The highest BCUT2D eigenvalue weighted by molar-refractivity contribution is 7.89. The minimum Gasteiger partial charge on any atom is -0.274 e. The van der Waals surface area contributed by atoms with Crippen molar-refractivity contribution in [2.45, 2.75) is 43.0 Å². The van der Waals surface area contributed by atoms with E-state index in [9.17, 15) is 13.2 Å². The van der Waals surface area contributed by atoms with Gasteiger partial charge in [-0.05, 0) is 37.7 Å². The molecule has 9 heteroatoms. The highest BCUT2D eigenvalue weighted by atomic mass is 32.2. The number of nitrogens with zero attached hydrogens (tertiary/aromatic N) is 5. The van der Waals surface area contributed by atoms with Gasteiger partial charge >= 0.3 is 0 Å². The quantitative estimate of drug-likeness (QED) is 0.774. The summed E-state index contributed by atoms with van der Waals surface area (Å²) in [5, 5.41) is 8.46. The van der Waals surface area contributed by atoms with Gasteiger partial charge in [0.05, 0.1) is 11.9 Å². The molecular weight excluding hydrogens is 354 g/mol. The Kier molecular flexibility index (Phi) is 4.44. The van der Waals surface area contributed by atoms with Gasteiger partial charge in [-0.25, -0.2) is 13.1 Å².